The molecule has 6 heteroatoms. The van der Waals surface area contributed by atoms with Gasteiger partial charge in [0.05, 0.1) is 0 Å². The van der Waals surface area contributed by atoms with Crippen molar-refractivity contribution in [1.29, 1.82) is 0 Å². The lowest BCUT2D eigenvalue weighted by Gasteiger charge is -2.18. The molecule has 6 nitrogen and oxygen atoms in total. The van der Waals surface area contributed by atoms with Crippen LogP contribution in [0.4, 0.5) is 0 Å². The van der Waals surface area contributed by atoms with Gasteiger partial charge in [0.25, 0.3) is 0 Å². The predicted octanol–water partition coefficient (Wildman–Crippen LogP) is 20.3. The van der Waals surface area contributed by atoms with Crippen molar-refractivity contribution in [2.24, 2.45) is 0 Å². The summed E-state index contributed by atoms with van der Waals surface area (Å²) in [6.45, 7) is 6.72. The van der Waals surface area contributed by atoms with Gasteiger partial charge in [-0.25, -0.2) is 0 Å². The van der Waals surface area contributed by atoms with Crippen LogP contribution in [0, 0.1) is 0 Å². The highest BCUT2D eigenvalue weighted by Crippen LogP contribution is 2.18. The van der Waals surface area contributed by atoms with Gasteiger partial charge >= 0.3 is 17.9 Å². The van der Waals surface area contributed by atoms with E-state index in [4.69, 9.17) is 14.2 Å². The van der Waals surface area contributed by atoms with E-state index in [1.807, 2.05) is 0 Å². The zero-order valence-corrected chi connectivity index (χ0v) is 45.7. The highest BCUT2D eigenvalue weighted by Gasteiger charge is 2.19. The molecule has 0 heterocycles. The first kappa shape index (κ1) is 65.4. The predicted molar refractivity (Wildman–Crippen MR) is 289 cm³/mol. The van der Waals surface area contributed by atoms with E-state index in [-0.39, 0.29) is 31.1 Å². The summed E-state index contributed by atoms with van der Waals surface area (Å²) in [5, 5.41) is 0. The Kier molecular flexibility index (Phi) is 55.6. The molecule has 0 amide bonds. The van der Waals surface area contributed by atoms with Crippen molar-refractivity contribution < 1.29 is 28.6 Å². The molecule has 0 aromatic rings. The van der Waals surface area contributed by atoms with Crippen LogP contribution in [0.25, 0.3) is 0 Å². The average Bonchev–Trinajstić information content (AvgIpc) is 3.33. The molecular weight excluding hydrogens is 829 g/mol. The maximum absolute atomic E-state index is 12.9. The average molecular weight is 948 g/mol. The molecular formula is C61H118O6. The van der Waals surface area contributed by atoms with E-state index in [1.54, 1.807) is 0 Å². The number of carbonyl (C=O) groups is 3. The lowest BCUT2D eigenvalue weighted by Crippen LogP contribution is -2.30. The fourth-order valence-electron chi connectivity index (χ4n) is 9.51. The molecule has 0 aliphatic carbocycles. The number of hydrogen-bond donors (Lipinski definition) is 0. The molecule has 67 heavy (non-hydrogen) atoms. The molecule has 0 saturated heterocycles. The Morgan fingerprint density at radius 2 is 0.403 bits per heavy atom. The topological polar surface area (TPSA) is 78.9 Å². The minimum absolute atomic E-state index is 0.0608. The van der Waals surface area contributed by atoms with Crippen LogP contribution in [-0.2, 0) is 28.6 Å². The Bertz CT molecular complexity index is 998. The quantitative estimate of drug-likeness (QED) is 0.0343. The van der Waals surface area contributed by atoms with Crippen LogP contribution >= 0.6 is 0 Å². The molecule has 0 rings (SSSR count). The molecule has 0 fully saturated rings. The van der Waals surface area contributed by atoms with Crippen LogP contribution in [0.2, 0.25) is 0 Å². The minimum atomic E-state index is -0.761. The lowest BCUT2D eigenvalue weighted by atomic mass is 10.0. The van der Waals surface area contributed by atoms with Gasteiger partial charge in [0.2, 0.25) is 0 Å². The maximum atomic E-state index is 12.9. The highest BCUT2D eigenvalue weighted by atomic mass is 16.6. The van der Waals surface area contributed by atoms with Crippen molar-refractivity contribution in [3.63, 3.8) is 0 Å². The third-order valence-corrected chi connectivity index (χ3v) is 14.1. The Morgan fingerprint density at radius 3 is 0.597 bits per heavy atom. The van der Waals surface area contributed by atoms with Gasteiger partial charge in [-0.15, -0.1) is 0 Å². The molecule has 0 aliphatic heterocycles. The summed E-state index contributed by atoms with van der Waals surface area (Å²) in [6.07, 6.45) is 63.8. The van der Waals surface area contributed by atoms with Crippen LogP contribution in [0.5, 0.6) is 0 Å². The smallest absolute Gasteiger partial charge is 0.306 e. The van der Waals surface area contributed by atoms with Crippen LogP contribution in [-0.4, -0.2) is 37.2 Å². The number of ether oxygens (including phenoxy) is 3. The summed E-state index contributed by atoms with van der Waals surface area (Å²) in [4.78, 5) is 38.2. The fourth-order valence-corrected chi connectivity index (χ4v) is 9.51. The molecule has 0 aromatic carbocycles. The zero-order valence-electron chi connectivity index (χ0n) is 45.7. The van der Waals surface area contributed by atoms with E-state index in [9.17, 15) is 14.4 Å². The number of rotatable bonds is 57. The summed E-state index contributed by atoms with van der Waals surface area (Å²) < 4.78 is 16.9. The Labute approximate surface area is 418 Å². The van der Waals surface area contributed by atoms with Crippen molar-refractivity contribution >= 4 is 17.9 Å². The van der Waals surface area contributed by atoms with Gasteiger partial charge < -0.3 is 14.2 Å². The number of unbranched alkanes of at least 4 members (excludes halogenated alkanes) is 46. The normalized spacial score (nSPS) is 11.9. The van der Waals surface area contributed by atoms with Gasteiger partial charge in [0.15, 0.2) is 6.10 Å². The van der Waals surface area contributed by atoms with Gasteiger partial charge in [0, 0.05) is 19.3 Å². The van der Waals surface area contributed by atoms with E-state index >= 15 is 0 Å². The number of hydrogen-bond acceptors (Lipinski definition) is 6. The van der Waals surface area contributed by atoms with Gasteiger partial charge in [-0.1, -0.05) is 316 Å². The number of carbonyl (C=O) groups excluding carboxylic acids is 3. The zero-order chi connectivity index (χ0) is 48.6. The highest BCUT2D eigenvalue weighted by molar-refractivity contribution is 5.71. The Balaban J connectivity index is 4.28. The first-order valence-electron chi connectivity index (χ1n) is 30.5. The second-order valence-corrected chi connectivity index (χ2v) is 21.0. The summed E-state index contributed by atoms with van der Waals surface area (Å²) in [5.41, 5.74) is 0. The van der Waals surface area contributed by atoms with Gasteiger partial charge in [0.1, 0.15) is 13.2 Å². The van der Waals surface area contributed by atoms with Crippen LogP contribution in [0.1, 0.15) is 355 Å². The second-order valence-electron chi connectivity index (χ2n) is 21.0. The molecule has 398 valence electrons. The maximum Gasteiger partial charge on any atom is 0.306 e. The van der Waals surface area contributed by atoms with Crippen molar-refractivity contribution in [3.05, 3.63) is 0 Å². The van der Waals surface area contributed by atoms with E-state index in [0.29, 0.717) is 19.3 Å². The molecule has 0 N–H and O–H groups in total. The van der Waals surface area contributed by atoms with Gasteiger partial charge in [-0.3, -0.25) is 14.4 Å². The minimum Gasteiger partial charge on any atom is -0.462 e. The molecule has 0 aromatic heterocycles. The summed E-state index contributed by atoms with van der Waals surface area (Å²) in [6, 6.07) is 0. The Morgan fingerprint density at radius 1 is 0.239 bits per heavy atom. The molecule has 0 radical (unpaired) electrons. The summed E-state index contributed by atoms with van der Waals surface area (Å²) >= 11 is 0. The van der Waals surface area contributed by atoms with E-state index in [2.05, 4.69) is 20.8 Å². The molecule has 0 spiro atoms. The van der Waals surface area contributed by atoms with E-state index in [0.717, 1.165) is 57.8 Å². The monoisotopic (exact) mass is 947 g/mol. The first-order valence-corrected chi connectivity index (χ1v) is 30.5. The number of esters is 3. The van der Waals surface area contributed by atoms with Crippen molar-refractivity contribution in [1.82, 2.24) is 0 Å². The van der Waals surface area contributed by atoms with Gasteiger partial charge in [-0.05, 0) is 19.3 Å². The second kappa shape index (κ2) is 57.0. The molecule has 0 aliphatic rings. The molecule has 1 atom stereocenters. The van der Waals surface area contributed by atoms with E-state index in [1.165, 1.54) is 257 Å². The van der Waals surface area contributed by atoms with Crippen LogP contribution in [0.15, 0.2) is 0 Å². The van der Waals surface area contributed by atoms with E-state index < -0.39 is 6.10 Å². The largest absolute Gasteiger partial charge is 0.462 e. The third kappa shape index (κ3) is 55.2. The van der Waals surface area contributed by atoms with Crippen LogP contribution in [0.3, 0.4) is 0 Å². The standard InChI is InChI=1S/C61H118O6/c1-4-7-10-13-16-19-22-25-28-30-31-32-34-37-40-43-46-49-52-55-61(64)67-58(56-65-59(62)53-50-47-44-41-38-35-27-24-21-18-15-12-9-6-3)57-66-60(63)54-51-48-45-42-39-36-33-29-26-23-20-17-14-11-8-5-2/h58H,4-57H2,1-3H3/t58-/m0/s1. The SMILES string of the molecule is CCCCCCCCCCCCCCCCCCCCCC(=O)O[C@@H](COC(=O)CCCCCCCCCCCCCCCC)COC(=O)CCCCCCCCCCCCCCCCCC. The first-order chi connectivity index (χ1) is 33.0. The molecule has 0 saturated carbocycles. The molecule has 0 bridgehead atoms. The lowest BCUT2D eigenvalue weighted by molar-refractivity contribution is -0.167. The van der Waals surface area contributed by atoms with Crippen LogP contribution < -0.4 is 0 Å². The Hall–Kier alpha value is -1.59. The summed E-state index contributed by atoms with van der Waals surface area (Å²) in [5.74, 6) is -0.828. The van der Waals surface area contributed by atoms with Crippen molar-refractivity contribution in [2.75, 3.05) is 13.2 Å². The summed E-state index contributed by atoms with van der Waals surface area (Å²) in [7, 11) is 0. The van der Waals surface area contributed by atoms with Gasteiger partial charge in [-0.2, -0.15) is 0 Å². The van der Waals surface area contributed by atoms with Crippen molar-refractivity contribution in [2.45, 2.75) is 361 Å². The fraction of sp³-hybridized carbons (Fsp3) is 0.951. The third-order valence-electron chi connectivity index (χ3n) is 14.1. The molecule has 0 unspecified atom stereocenters. The van der Waals surface area contributed by atoms with Crippen molar-refractivity contribution in [3.8, 4) is 0 Å².